The lowest BCUT2D eigenvalue weighted by Gasteiger charge is -2.15. The molecular weight excluding hydrogens is 369 g/mol. The number of ketones is 2. The number of benzene rings is 1. The summed E-state index contributed by atoms with van der Waals surface area (Å²) in [7, 11) is 0. The zero-order valence-electron chi connectivity index (χ0n) is 10.1. The smallest absolute Gasteiger partial charge is 0.228 e. The predicted molar refractivity (Wildman–Crippen MR) is 81.6 cm³/mol. The van der Waals surface area contributed by atoms with Crippen molar-refractivity contribution in [3.05, 3.63) is 63.4 Å². The molecule has 0 spiro atoms. The van der Waals surface area contributed by atoms with E-state index in [0.29, 0.717) is 0 Å². The van der Waals surface area contributed by atoms with Crippen molar-refractivity contribution in [2.45, 2.75) is 0 Å². The van der Waals surface area contributed by atoms with E-state index in [9.17, 15) is 9.59 Å². The third kappa shape index (κ3) is 2.34. The summed E-state index contributed by atoms with van der Waals surface area (Å²) >= 11 is 2.19. The van der Waals surface area contributed by atoms with Crippen LogP contribution >= 0.6 is 22.6 Å². The van der Waals surface area contributed by atoms with Crippen molar-refractivity contribution in [1.29, 1.82) is 0 Å². The Bertz CT molecular complexity index is 738. The number of carbonyl (C=O) groups excluding carboxylic acids is 2. The van der Waals surface area contributed by atoms with Gasteiger partial charge in [0, 0.05) is 21.5 Å². The van der Waals surface area contributed by atoms with Gasteiger partial charge in [-0.1, -0.05) is 0 Å². The SMILES string of the molecule is O=C1C=C(Nc2ccc(I)cc2)C(=O)c2ncncc21. The van der Waals surface area contributed by atoms with Gasteiger partial charge < -0.3 is 5.32 Å². The molecule has 1 aliphatic carbocycles. The van der Waals surface area contributed by atoms with Crippen LogP contribution in [0.2, 0.25) is 0 Å². The largest absolute Gasteiger partial charge is 0.352 e. The second kappa shape index (κ2) is 5.12. The lowest BCUT2D eigenvalue weighted by molar-refractivity contribution is 0.0981. The maximum atomic E-state index is 12.3. The number of carbonyl (C=O) groups is 2. The first kappa shape index (κ1) is 12.9. The molecule has 1 aromatic carbocycles. The number of nitrogens with one attached hydrogen (secondary N) is 1. The second-order valence-corrected chi connectivity index (χ2v) is 5.41. The summed E-state index contributed by atoms with van der Waals surface area (Å²) in [5.41, 5.74) is 1.35. The molecule has 3 rings (SSSR count). The fourth-order valence-corrected chi connectivity index (χ4v) is 2.23. The van der Waals surface area contributed by atoms with Crippen LogP contribution in [0.5, 0.6) is 0 Å². The molecule has 0 atom stereocenters. The maximum Gasteiger partial charge on any atom is 0.228 e. The van der Waals surface area contributed by atoms with Gasteiger partial charge in [-0.05, 0) is 46.9 Å². The first-order chi connectivity index (χ1) is 9.65. The molecule has 5 nitrogen and oxygen atoms in total. The number of hydrogen-bond acceptors (Lipinski definition) is 5. The van der Waals surface area contributed by atoms with Crippen molar-refractivity contribution in [1.82, 2.24) is 9.97 Å². The number of nitrogens with zero attached hydrogens (tertiary/aromatic N) is 2. The van der Waals surface area contributed by atoms with Crippen LogP contribution in [0.4, 0.5) is 5.69 Å². The van der Waals surface area contributed by atoms with Crippen molar-refractivity contribution in [3.8, 4) is 0 Å². The van der Waals surface area contributed by atoms with E-state index in [1.54, 1.807) is 0 Å². The van der Waals surface area contributed by atoms with Crippen LogP contribution in [0.15, 0.2) is 48.6 Å². The Hall–Kier alpha value is -2.09. The second-order valence-electron chi connectivity index (χ2n) is 4.17. The van der Waals surface area contributed by atoms with Crippen LogP contribution < -0.4 is 5.32 Å². The fourth-order valence-electron chi connectivity index (χ4n) is 1.87. The number of allylic oxidation sites excluding steroid dienone is 2. The van der Waals surface area contributed by atoms with Gasteiger partial charge in [0.05, 0.1) is 11.3 Å². The Labute approximate surface area is 128 Å². The average molecular weight is 377 g/mol. The Balaban J connectivity index is 1.94. The molecule has 0 saturated carbocycles. The summed E-state index contributed by atoms with van der Waals surface area (Å²) in [5, 5.41) is 2.96. The van der Waals surface area contributed by atoms with Gasteiger partial charge in [-0.3, -0.25) is 9.59 Å². The van der Waals surface area contributed by atoms with E-state index >= 15 is 0 Å². The average Bonchev–Trinajstić information content (AvgIpc) is 2.47. The highest BCUT2D eigenvalue weighted by Gasteiger charge is 2.27. The molecule has 20 heavy (non-hydrogen) atoms. The van der Waals surface area contributed by atoms with Crippen LogP contribution in [-0.2, 0) is 0 Å². The molecule has 0 amide bonds. The van der Waals surface area contributed by atoms with Crippen molar-refractivity contribution in [2.75, 3.05) is 5.32 Å². The topological polar surface area (TPSA) is 72.0 Å². The standard InChI is InChI=1S/C14H8IN3O2/c15-8-1-3-9(4-2-8)18-11-5-12(19)10-6-16-7-17-13(10)14(11)20/h1-7,18H. The Morgan fingerprint density at radius 2 is 1.85 bits per heavy atom. The van der Waals surface area contributed by atoms with Crippen LogP contribution in [0.3, 0.4) is 0 Å². The van der Waals surface area contributed by atoms with Gasteiger partial charge in [0.1, 0.15) is 12.0 Å². The van der Waals surface area contributed by atoms with Crippen molar-refractivity contribution in [2.24, 2.45) is 0 Å². The third-order valence-corrected chi connectivity index (χ3v) is 3.56. The zero-order valence-corrected chi connectivity index (χ0v) is 12.3. The first-order valence-electron chi connectivity index (χ1n) is 5.78. The molecule has 0 fully saturated rings. The van der Waals surface area contributed by atoms with Gasteiger partial charge in [0.15, 0.2) is 5.78 Å². The quantitative estimate of drug-likeness (QED) is 0.815. The molecule has 0 aliphatic heterocycles. The molecule has 0 bridgehead atoms. The van der Waals surface area contributed by atoms with Gasteiger partial charge in [-0.2, -0.15) is 0 Å². The van der Waals surface area contributed by atoms with E-state index in [1.807, 2.05) is 24.3 Å². The number of aromatic nitrogens is 2. The molecular formula is C14H8IN3O2. The Kier molecular flexibility index (Phi) is 3.31. The highest BCUT2D eigenvalue weighted by Crippen LogP contribution is 2.21. The van der Waals surface area contributed by atoms with Crippen molar-refractivity contribution in [3.63, 3.8) is 0 Å². The lowest BCUT2D eigenvalue weighted by Crippen LogP contribution is -2.23. The molecule has 1 heterocycles. The fraction of sp³-hybridized carbons (Fsp3) is 0. The van der Waals surface area contributed by atoms with E-state index < -0.39 is 0 Å². The number of rotatable bonds is 2. The van der Waals surface area contributed by atoms with Crippen LogP contribution in [0.1, 0.15) is 20.8 Å². The zero-order chi connectivity index (χ0) is 14.1. The molecule has 98 valence electrons. The third-order valence-electron chi connectivity index (χ3n) is 2.84. The summed E-state index contributed by atoms with van der Waals surface area (Å²) in [6, 6.07) is 7.51. The normalized spacial score (nSPS) is 13.8. The van der Waals surface area contributed by atoms with Gasteiger partial charge in [-0.15, -0.1) is 0 Å². The monoisotopic (exact) mass is 377 g/mol. The highest BCUT2D eigenvalue weighted by atomic mass is 127. The summed E-state index contributed by atoms with van der Waals surface area (Å²) in [4.78, 5) is 31.9. The van der Waals surface area contributed by atoms with Crippen LogP contribution in [0, 0.1) is 3.57 Å². The Morgan fingerprint density at radius 1 is 1.10 bits per heavy atom. The predicted octanol–water partition coefficient (Wildman–Crippen LogP) is 2.46. The number of Topliss-reactive ketones (excluding diaryl/α,β-unsaturated/α-hetero) is 1. The van der Waals surface area contributed by atoms with Crippen molar-refractivity contribution < 1.29 is 9.59 Å². The molecule has 0 radical (unpaired) electrons. The van der Waals surface area contributed by atoms with Gasteiger partial charge in [0.25, 0.3) is 0 Å². The minimum Gasteiger partial charge on any atom is -0.352 e. The van der Waals surface area contributed by atoms with Gasteiger partial charge in [0.2, 0.25) is 5.78 Å². The van der Waals surface area contributed by atoms with E-state index in [2.05, 4.69) is 37.9 Å². The van der Waals surface area contributed by atoms with Crippen molar-refractivity contribution >= 4 is 39.8 Å². The lowest BCUT2D eigenvalue weighted by atomic mass is 9.98. The molecule has 1 N–H and O–H groups in total. The molecule has 1 aromatic heterocycles. The molecule has 1 aliphatic rings. The van der Waals surface area contributed by atoms with E-state index in [0.717, 1.165) is 9.26 Å². The summed E-state index contributed by atoms with van der Waals surface area (Å²) < 4.78 is 1.09. The minimum absolute atomic E-state index is 0.139. The minimum atomic E-state index is -0.305. The van der Waals surface area contributed by atoms with E-state index in [1.165, 1.54) is 18.6 Å². The van der Waals surface area contributed by atoms with Crippen LogP contribution in [-0.4, -0.2) is 21.5 Å². The number of halogens is 1. The van der Waals surface area contributed by atoms with Gasteiger partial charge >= 0.3 is 0 Å². The molecule has 2 aromatic rings. The van der Waals surface area contributed by atoms with E-state index in [-0.39, 0.29) is 28.5 Å². The van der Waals surface area contributed by atoms with E-state index in [4.69, 9.17) is 0 Å². The number of hydrogen-bond donors (Lipinski definition) is 1. The number of anilines is 1. The highest BCUT2D eigenvalue weighted by molar-refractivity contribution is 14.1. The maximum absolute atomic E-state index is 12.3. The molecule has 0 unspecified atom stereocenters. The molecule has 0 saturated heterocycles. The first-order valence-corrected chi connectivity index (χ1v) is 6.86. The number of fused-ring (bicyclic) bond motifs is 1. The summed E-state index contributed by atoms with van der Waals surface area (Å²) in [6.07, 6.45) is 3.91. The molecule has 6 heteroatoms. The van der Waals surface area contributed by atoms with Gasteiger partial charge in [-0.25, -0.2) is 9.97 Å². The summed E-state index contributed by atoms with van der Waals surface area (Å²) in [6.45, 7) is 0. The summed E-state index contributed by atoms with van der Waals surface area (Å²) in [5.74, 6) is -0.575. The Morgan fingerprint density at radius 3 is 2.60 bits per heavy atom. The van der Waals surface area contributed by atoms with Crippen LogP contribution in [0.25, 0.3) is 0 Å².